The van der Waals surface area contributed by atoms with Gasteiger partial charge in [-0.1, -0.05) is 20.8 Å². The number of halogens is 1. The van der Waals surface area contributed by atoms with Crippen LogP contribution < -0.4 is 0 Å². The third kappa shape index (κ3) is 4.18. The fraction of sp³-hybridized carbons (Fsp3) is 1.00. The van der Waals surface area contributed by atoms with Crippen LogP contribution in [0.15, 0.2) is 0 Å². The van der Waals surface area contributed by atoms with E-state index in [9.17, 15) is 0 Å². The van der Waals surface area contributed by atoms with Gasteiger partial charge in [-0.3, -0.25) is 0 Å². The van der Waals surface area contributed by atoms with Crippen molar-refractivity contribution in [1.29, 1.82) is 0 Å². The fourth-order valence-corrected chi connectivity index (χ4v) is 1.98. The van der Waals surface area contributed by atoms with Gasteiger partial charge in [-0.25, -0.2) is 0 Å². The van der Waals surface area contributed by atoms with Gasteiger partial charge in [0.15, 0.2) is 0 Å². The maximum absolute atomic E-state index is 6.34. The highest BCUT2D eigenvalue weighted by Gasteiger charge is 2.23. The van der Waals surface area contributed by atoms with Crippen LogP contribution >= 0.6 is 11.6 Å². The van der Waals surface area contributed by atoms with E-state index in [0.717, 1.165) is 25.6 Å². The molecule has 0 aliphatic carbocycles. The molecule has 2 atom stereocenters. The van der Waals surface area contributed by atoms with Gasteiger partial charge in [0.05, 0.1) is 0 Å². The van der Waals surface area contributed by atoms with E-state index in [1.54, 1.807) is 0 Å². The zero-order chi connectivity index (χ0) is 10.6. The number of hydrogen-bond acceptors (Lipinski definition) is 1. The molecule has 1 aliphatic rings. The molecule has 2 unspecified atom stereocenters. The van der Waals surface area contributed by atoms with Gasteiger partial charge in [0.1, 0.15) is 0 Å². The summed E-state index contributed by atoms with van der Waals surface area (Å²) in [6.45, 7) is 8.54. The molecule has 0 radical (unpaired) electrons. The Morgan fingerprint density at radius 1 is 1.43 bits per heavy atom. The molecular weight excluding hydrogens is 196 g/mol. The van der Waals surface area contributed by atoms with Crippen molar-refractivity contribution in [2.24, 2.45) is 11.3 Å². The topological polar surface area (TPSA) is 9.23 Å². The first-order chi connectivity index (χ1) is 6.50. The Balaban J connectivity index is 2.19. The van der Waals surface area contributed by atoms with Crippen LogP contribution in [0.5, 0.6) is 0 Å². The van der Waals surface area contributed by atoms with Crippen molar-refractivity contribution in [3.05, 3.63) is 0 Å². The average Bonchev–Trinajstić information content (AvgIpc) is 2.14. The van der Waals surface area contributed by atoms with Crippen LogP contribution in [-0.2, 0) is 4.74 Å². The van der Waals surface area contributed by atoms with Gasteiger partial charge in [0, 0.05) is 18.6 Å². The van der Waals surface area contributed by atoms with E-state index in [0.29, 0.717) is 5.38 Å². The summed E-state index contributed by atoms with van der Waals surface area (Å²) in [5.41, 5.74) is 0.233. The Hall–Kier alpha value is 0.250. The van der Waals surface area contributed by atoms with E-state index in [1.165, 1.54) is 19.3 Å². The molecule has 1 heterocycles. The molecule has 0 N–H and O–H groups in total. The van der Waals surface area contributed by atoms with Crippen LogP contribution in [-0.4, -0.2) is 18.6 Å². The molecule has 0 amide bonds. The minimum absolute atomic E-state index is 0.233. The molecule has 0 bridgehead atoms. The van der Waals surface area contributed by atoms with Crippen LogP contribution in [0.4, 0.5) is 0 Å². The van der Waals surface area contributed by atoms with E-state index in [1.807, 2.05) is 0 Å². The van der Waals surface area contributed by atoms with Crippen molar-refractivity contribution in [3.8, 4) is 0 Å². The highest BCUT2D eigenvalue weighted by Crippen LogP contribution is 2.30. The van der Waals surface area contributed by atoms with Crippen LogP contribution in [0.25, 0.3) is 0 Å². The average molecular weight is 219 g/mol. The second-order valence-electron chi connectivity index (χ2n) is 5.49. The van der Waals surface area contributed by atoms with E-state index in [2.05, 4.69) is 20.8 Å². The Kier molecular flexibility index (Phi) is 4.72. The summed E-state index contributed by atoms with van der Waals surface area (Å²) in [4.78, 5) is 0. The molecule has 84 valence electrons. The summed E-state index contributed by atoms with van der Waals surface area (Å²) >= 11 is 6.34. The Morgan fingerprint density at radius 2 is 2.14 bits per heavy atom. The molecule has 1 rings (SSSR count). The molecule has 1 aliphatic heterocycles. The minimum Gasteiger partial charge on any atom is -0.381 e. The quantitative estimate of drug-likeness (QED) is 0.654. The van der Waals surface area contributed by atoms with Crippen LogP contribution in [0.1, 0.15) is 46.5 Å². The lowest BCUT2D eigenvalue weighted by Crippen LogP contribution is -2.23. The second-order valence-corrected chi connectivity index (χ2v) is 6.02. The van der Waals surface area contributed by atoms with Gasteiger partial charge in [0.2, 0.25) is 0 Å². The Morgan fingerprint density at radius 3 is 2.64 bits per heavy atom. The van der Waals surface area contributed by atoms with Crippen molar-refractivity contribution in [1.82, 2.24) is 0 Å². The van der Waals surface area contributed by atoms with Gasteiger partial charge in [-0.2, -0.15) is 0 Å². The summed E-state index contributed by atoms with van der Waals surface area (Å²) in [6, 6.07) is 0. The number of hydrogen-bond donors (Lipinski definition) is 0. The highest BCUT2D eigenvalue weighted by molar-refractivity contribution is 6.21. The van der Waals surface area contributed by atoms with Gasteiger partial charge >= 0.3 is 0 Å². The predicted molar refractivity (Wildman–Crippen MR) is 61.9 cm³/mol. The zero-order valence-electron chi connectivity index (χ0n) is 9.68. The zero-order valence-corrected chi connectivity index (χ0v) is 10.4. The first-order valence-electron chi connectivity index (χ1n) is 5.72. The summed E-state index contributed by atoms with van der Waals surface area (Å²) in [5.74, 6) is 0.757. The Labute approximate surface area is 93.2 Å². The van der Waals surface area contributed by atoms with Crippen molar-refractivity contribution in [2.75, 3.05) is 13.2 Å². The third-order valence-corrected chi connectivity index (χ3v) is 3.90. The first-order valence-corrected chi connectivity index (χ1v) is 6.15. The summed E-state index contributed by atoms with van der Waals surface area (Å²) < 4.78 is 5.46. The maximum Gasteiger partial charge on any atom is 0.0494 e. The lowest BCUT2D eigenvalue weighted by molar-refractivity contribution is 0.0500. The van der Waals surface area contributed by atoms with Crippen molar-refractivity contribution < 1.29 is 4.74 Å². The Bertz CT molecular complexity index is 156. The SMILES string of the molecule is CC(C)(C)C(Cl)CCC1CCCOC1. The lowest BCUT2D eigenvalue weighted by Gasteiger charge is -2.28. The number of alkyl halides is 1. The largest absolute Gasteiger partial charge is 0.381 e. The molecular formula is C12H23ClO. The van der Waals surface area contributed by atoms with Gasteiger partial charge < -0.3 is 4.74 Å². The summed E-state index contributed by atoms with van der Waals surface area (Å²) in [7, 11) is 0. The van der Waals surface area contributed by atoms with Gasteiger partial charge in [0.25, 0.3) is 0 Å². The second kappa shape index (κ2) is 5.37. The van der Waals surface area contributed by atoms with E-state index in [4.69, 9.17) is 16.3 Å². The molecule has 0 saturated carbocycles. The van der Waals surface area contributed by atoms with Gasteiger partial charge in [-0.15, -0.1) is 11.6 Å². The predicted octanol–water partition coefficient (Wildman–Crippen LogP) is 3.85. The third-order valence-electron chi connectivity index (χ3n) is 3.02. The van der Waals surface area contributed by atoms with E-state index < -0.39 is 0 Å². The molecule has 0 aromatic carbocycles. The molecule has 0 spiro atoms. The van der Waals surface area contributed by atoms with Crippen LogP contribution in [0.3, 0.4) is 0 Å². The fourth-order valence-electron chi connectivity index (χ4n) is 1.85. The molecule has 1 saturated heterocycles. The van der Waals surface area contributed by atoms with Crippen molar-refractivity contribution in [3.63, 3.8) is 0 Å². The highest BCUT2D eigenvalue weighted by atomic mass is 35.5. The minimum atomic E-state index is 0.233. The normalized spacial score (nSPS) is 26.1. The molecule has 0 aromatic heterocycles. The summed E-state index contributed by atoms with van der Waals surface area (Å²) in [5, 5.41) is 0.296. The number of rotatable bonds is 3. The van der Waals surface area contributed by atoms with Crippen molar-refractivity contribution >= 4 is 11.6 Å². The number of ether oxygens (including phenoxy) is 1. The molecule has 2 heteroatoms. The molecule has 1 nitrogen and oxygen atoms in total. The van der Waals surface area contributed by atoms with Gasteiger partial charge in [-0.05, 0) is 37.0 Å². The summed E-state index contributed by atoms with van der Waals surface area (Å²) in [6.07, 6.45) is 4.91. The smallest absolute Gasteiger partial charge is 0.0494 e. The van der Waals surface area contributed by atoms with Crippen LogP contribution in [0, 0.1) is 11.3 Å². The molecule has 1 fully saturated rings. The maximum atomic E-state index is 6.34. The van der Waals surface area contributed by atoms with Crippen molar-refractivity contribution in [2.45, 2.75) is 51.8 Å². The monoisotopic (exact) mass is 218 g/mol. The lowest BCUT2D eigenvalue weighted by atomic mass is 9.86. The van der Waals surface area contributed by atoms with E-state index >= 15 is 0 Å². The molecule has 14 heavy (non-hydrogen) atoms. The van der Waals surface area contributed by atoms with Crippen LogP contribution in [0.2, 0.25) is 0 Å². The first kappa shape index (κ1) is 12.3. The molecule has 0 aromatic rings. The van der Waals surface area contributed by atoms with E-state index in [-0.39, 0.29) is 5.41 Å². The standard InChI is InChI=1S/C12H23ClO/c1-12(2,3)11(13)7-6-10-5-4-8-14-9-10/h10-11H,4-9H2,1-3H3.